The molecule has 30 heavy (non-hydrogen) atoms. The Morgan fingerprint density at radius 1 is 1.07 bits per heavy atom. The molecule has 1 N–H and O–H groups in total. The lowest BCUT2D eigenvalue weighted by Gasteiger charge is -2.34. The zero-order valence-corrected chi connectivity index (χ0v) is 18.0. The highest BCUT2D eigenvalue weighted by Gasteiger charge is 2.32. The van der Waals surface area contributed by atoms with Crippen molar-refractivity contribution in [2.75, 3.05) is 0 Å². The second kappa shape index (κ2) is 7.95. The highest BCUT2D eigenvalue weighted by atomic mass is 35.5. The first-order chi connectivity index (χ1) is 14.6. The van der Waals surface area contributed by atoms with Crippen LogP contribution >= 0.6 is 23.2 Å². The molecule has 0 spiro atoms. The summed E-state index contributed by atoms with van der Waals surface area (Å²) in [5.74, 6) is 0.214. The maximum absolute atomic E-state index is 6.36. The number of aromatic nitrogens is 3. The van der Waals surface area contributed by atoms with Crippen molar-refractivity contribution in [2.45, 2.75) is 31.8 Å². The third-order valence-corrected chi connectivity index (χ3v) is 6.57. The van der Waals surface area contributed by atoms with E-state index in [2.05, 4.69) is 59.1 Å². The molecule has 1 aliphatic rings. The smallest absolute Gasteiger partial charge is 0.155 e. The summed E-state index contributed by atoms with van der Waals surface area (Å²) < 4.78 is 1.80. The van der Waals surface area contributed by atoms with Gasteiger partial charge in [-0.15, -0.1) is 0 Å². The molecule has 2 atom stereocenters. The Morgan fingerprint density at radius 3 is 2.77 bits per heavy atom. The van der Waals surface area contributed by atoms with Gasteiger partial charge in [0, 0.05) is 24.2 Å². The van der Waals surface area contributed by atoms with E-state index in [9.17, 15) is 0 Å². The number of nitrogens with one attached hydrogen (secondary N) is 1. The Bertz CT molecular complexity index is 1220. The van der Waals surface area contributed by atoms with Gasteiger partial charge in [-0.2, -0.15) is 5.10 Å². The predicted molar refractivity (Wildman–Crippen MR) is 122 cm³/mol. The molecule has 0 fully saturated rings. The Labute approximate surface area is 185 Å². The molecule has 4 aromatic rings. The first-order valence-corrected chi connectivity index (χ1v) is 10.8. The normalized spacial score (nSPS) is 18.4. The average Bonchev–Trinajstić information content (AvgIpc) is 3.23. The third kappa shape index (κ3) is 3.45. The van der Waals surface area contributed by atoms with E-state index in [0.29, 0.717) is 16.1 Å². The summed E-state index contributed by atoms with van der Waals surface area (Å²) in [6.45, 7) is 2.94. The molecule has 6 heteroatoms. The molecule has 0 aliphatic carbocycles. The Morgan fingerprint density at radius 2 is 1.93 bits per heavy atom. The number of pyridine rings is 1. The fourth-order valence-electron chi connectivity index (χ4n) is 4.40. The Hall–Kier alpha value is -2.53. The average molecular weight is 436 g/mol. The van der Waals surface area contributed by atoms with E-state index in [0.717, 1.165) is 24.2 Å². The molecule has 0 radical (unpaired) electrons. The van der Waals surface area contributed by atoms with Gasteiger partial charge in [-0.05, 0) is 52.6 Å². The van der Waals surface area contributed by atoms with E-state index < -0.39 is 0 Å². The summed E-state index contributed by atoms with van der Waals surface area (Å²) >= 11 is 12.5. The number of hydrogen-bond acceptors (Lipinski definition) is 3. The summed E-state index contributed by atoms with van der Waals surface area (Å²) in [6, 6.07) is 17.1. The first-order valence-electron chi connectivity index (χ1n) is 10.0. The molecule has 2 unspecified atom stereocenters. The van der Waals surface area contributed by atoms with Crippen LogP contribution in [0.25, 0.3) is 16.8 Å². The highest BCUT2D eigenvalue weighted by Crippen LogP contribution is 2.39. The number of halogens is 2. The largest absolute Gasteiger partial charge is 0.305 e. The van der Waals surface area contributed by atoms with Gasteiger partial charge in [-0.3, -0.25) is 0 Å². The van der Waals surface area contributed by atoms with Crippen LogP contribution in [0.2, 0.25) is 10.0 Å². The van der Waals surface area contributed by atoms with Crippen LogP contribution in [-0.4, -0.2) is 20.6 Å². The molecule has 1 aliphatic heterocycles. The Kier molecular flexibility index (Phi) is 5.15. The number of rotatable bonds is 4. The van der Waals surface area contributed by atoms with Gasteiger partial charge in [0.25, 0.3) is 0 Å². The van der Waals surface area contributed by atoms with Crippen molar-refractivity contribution in [3.05, 3.63) is 94.2 Å². The van der Waals surface area contributed by atoms with Crippen LogP contribution in [0.4, 0.5) is 0 Å². The predicted octanol–water partition coefficient (Wildman–Crippen LogP) is 5.92. The molecule has 0 bridgehead atoms. The summed E-state index contributed by atoms with van der Waals surface area (Å²) in [7, 11) is 0. The van der Waals surface area contributed by atoms with Gasteiger partial charge in [0.1, 0.15) is 12.7 Å². The van der Waals surface area contributed by atoms with Gasteiger partial charge < -0.3 is 5.32 Å². The number of benzene rings is 2. The van der Waals surface area contributed by atoms with Gasteiger partial charge in [0.2, 0.25) is 0 Å². The van der Waals surface area contributed by atoms with E-state index >= 15 is 0 Å². The van der Waals surface area contributed by atoms with Gasteiger partial charge >= 0.3 is 0 Å². The van der Waals surface area contributed by atoms with Crippen molar-refractivity contribution >= 4 is 28.8 Å². The van der Waals surface area contributed by atoms with E-state index in [4.69, 9.17) is 23.2 Å². The van der Waals surface area contributed by atoms with Crippen LogP contribution in [0.1, 0.15) is 36.0 Å². The number of fused-ring (bicyclic) bond motifs is 2. The van der Waals surface area contributed by atoms with Crippen molar-refractivity contribution in [3.63, 3.8) is 0 Å². The lowest BCUT2D eigenvalue weighted by molar-refractivity contribution is 0.431. The highest BCUT2D eigenvalue weighted by molar-refractivity contribution is 6.42. The Balaban J connectivity index is 1.57. The standard InChI is InChI=1S/C24H21Cl2N4/c1-2-3-22-24(16-5-8-20(25)21(26)11-16)19-7-4-15(10-18(19)12-27-22)17-6-9-23-28-14-29-30(23)13-17/h2,4-11,13-14,22,24,27H,3,12H2,1H3/q+1. The van der Waals surface area contributed by atoms with Crippen LogP contribution in [-0.2, 0) is 6.54 Å². The van der Waals surface area contributed by atoms with E-state index in [-0.39, 0.29) is 5.92 Å². The van der Waals surface area contributed by atoms with Crippen molar-refractivity contribution in [2.24, 2.45) is 0 Å². The minimum Gasteiger partial charge on any atom is -0.305 e. The van der Waals surface area contributed by atoms with E-state index in [1.807, 2.05) is 24.4 Å². The van der Waals surface area contributed by atoms with Crippen molar-refractivity contribution < 1.29 is 0 Å². The SMILES string of the molecule is C[CH+]CC1NCc2cc(-c3ccc4ncnn4c3)ccc2C1c1ccc(Cl)c(Cl)c1. The zero-order chi connectivity index (χ0) is 20.7. The molecule has 2 aromatic heterocycles. The van der Waals surface area contributed by atoms with Crippen LogP contribution in [0, 0.1) is 6.42 Å². The van der Waals surface area contributed by atoms with Gasteiger partial charge in [-0.25, -0.2) is 9.50 Å². The monoisotopic (exact) mass is 435 g/mol. The molecular weight excluding hydrogens is 415 g/mol. The summed E-state index contributed by atoms with van der Waals surface area (Å²) in [5, 5.41) is 9.17. The van der Waals surface area contributed by atoms with Crippen LogP contribution in [0.15, 0.2) is 61.1 Å². The lowest BCUT2D eigenvalue weighted by Crippen LogP contribution is -2.39. The molecule has 4 nitrogen and oxygen atoms in total. The van der Waals surface area contributed by atoms with Crippen LogP contribution in [0.3, 0.4) is 0 Å². The third-order valence-electron chi connectivity index (χ3n) is 5.83. The van der Waals surface area contributed by atoms with Crippen molar-refractivity contribution in [3.8, 4) is 11.1 Å². The number of hydrogen-bond donors (Lipinski definition) is 1. The molecule has 0 saturated heterocycles. The van der Waals surface area contributed by atoms with Crippen LogP contribution < -0.4 is 5.32 Å². The fourth-order valence-corrected chi connectivity index (χ4v) is 4.70. The lowest BCUT2D eigenvalue weighted by atomic mass is 9.78. The second-order valence-corrected chi connectivity index (χ2v) is 8.49. The maximum atomic E-state index is 6.36. The molecule has 5 rings (SSSR count). The van der Waals surface area contributed by atoms with Crippen molar-refractivity contribution in [1.82, 2.24) is 19.9 Å². The molecule has 0 saturated carbocycles. The number of nitrogens with zero attached hydrogens (tertiary/aromatic N) is 3. The van der Waals surface area contributed by atoms with Crippen LogP contribution in [0.5, 0.6) is 0 Å². The quantitative estimate of drug-likeness (QED) is 0.404. The zero-order valence-electron chi connectivity index (χ0n) is 16.5. The fraction of sp³-hybridized carbons (Fsp3) is 0.208. The van der Waals surface area contributed by atoms with E-state index in [1.54, 1.807) is 10.8 Å². The molecule has 2 aromatic carbocycles. The van der Waals surface area contributed by atoms with E-state index in [1.165, 1.54) is 22.3 Å². The first kappa shape index (κ1) is 19.4. The van der Waals surface area contributed by atoms with Crippen molar-refractivity contribution in [1.29, 1.82) is 0 Å². The molecular formula is C24H21Cl2N4+. The molecule has 3 heterocycles. The minimum absolute atomic E-state index is 0.214. The van der Waals surface area contributed by atoms with Gasteiger partial charge in [0.15, 0.2) is 5.65 Å². The molecule has 0 amide bonds. The second-order valence-electron chi connectivity index (χ2n) is 7.68. The maximum Gasteiger partial charge on any atom is 0.155 e. The summed E-state index contributed by atoms with van der Waals surface area (Å²) in [5.41, 5.74) is 6.95. The van der Waals surface area contributed by atoms with Gasteiger partial charge in [-0.1, -0.05) is 41.4 Å². The summed E-state index contributed by atoms with van der Waals surface area (Å²) in [4.78, 5) is 4.22. The topological polar surface area (TPSA) is 42.2 Å². The summed E-state index contributed by atoms with van der Waals surface area (Å²) in [6.07, 6.45) is 6.79. The van der Waals surface area contributed by atoms with Gasteiger partial charge in [0.05, 0.1) is 29.4 Å². The minimum atomic E-state index is 0.214. The molecule has 150 valence electrons.